The third-order valence-electron chi connectivity index (χ3n) is 5.07. The molecule has 2 N–H and O–H groups in total. The molecule has 7 nitrogen and oxygen atoms in total. The van der Waals surface area contributed by atoms with E-state index in [1.54, 1.807) is 37.4 Å². The molecule has 0 aliphatic carbocycles. The first-order valence-corrected chi connectivity index (χ1v) is 10.8. The molecule has 1 saturated heterocycles. The van der Waals surface area contributed by atoms with Crippen molar-refractivity contribution in [3.63, 3.8) is 0 Å². The second kappa shape index (κ2) is 11.3. The Kier molecular flexibility index (Phi) is 8.54. The molecule has 2 aromatic carbocycles. The lowest BCUT2D eigenvalue weighted by molar-refractivity contribution is -0.117. The molecule has 1 fully saturated rings. The number of nitrogens with one attached hydrogen (secondary N) is 2. The van der Waals surface area contributed by atoms with E-state index in [4.69, 9.17) is 27.9 Å². The van der Waals surface area contributed by atoms with Crippen molar-refractivity contribution in [1.82, 2.24) is 9.80 Å². The summed E-state index contributed by atoms with van der Waals surface area (Å²) in [5.41, 5.74) is 1.18. The Hall–Kier alpha value is -2.32. The number of nitrogens with zero attached hydrogens (tertiary/aromatic N) is 2. The van der Waals surface area contributed by atoms with Crippen molar-refractivity contribution < 1.29 is 14.3 Å². The van der Waals surface area contributed by atoms with Crippen LogP contribution in [0.3, 0.4) is 0 Å². The van der Waals surface area contributed by atoms with Gasteiger partial charge in [0.05, 0.1) is 30.1 Å². The maximum Gasteiger partial charge on any atom is 0.238 e. The van der Waals surface area contributed by atoms with Gasteiger partial charge in [0.1, 0.15) is 5.75 Å². The Balaban J connectivity index is 1.38. The van der Waals surface area contributed by atoms with Crippen LogP contribution in [0, 0.1) is 0 Å². The smallest absolute Gasteiger partial charge is 0.238 e. The van der Waals surface area contributed by atoms with E-state index in [2.05, 4.69) is 20.4 Å². The van der Waals surface area contributed by atoms with E-state index in [0.717, 1.165) is 26.2 Å². The van der Waals surface area contributed by atoms with Gasteiger partial charge in [-0.3, -0.25) is 14.5 Å². The first-order chi connectivity index (χ1) is 14.9. The summed E-state index contributed by atoms with van der Waals surface area (Å²) < 4.78 is 5.25. The van der Waals surface area contributed by atoms with Crippen molar-refractivity contribution in [1.29, 1.82) is 0 Å². The fourth-order valence-corrected chi connectivity index (χ4v) is 3.73. The number of methoxy groups -OCH3 is 1. The number of hydrogen-bond acceptors (Lipinski definition) is 5. The molecule has 0 atom stereocenters. The largest absolute Gasteiger partial charge is 0.495 e. The summed E-state index contributed by atoms with van der Waals surface area (Å²) in [5.74, 6) is 0.389. The minimum atomic E-state index is -0.0953. The van der Waals surface area contributed by atoms with Gasteiger partial charge in [0, 0.05) is 44.2 Å². The first-order valence-electron chi connectivity index (χ1n) is 10.1. The standard InChI is InChI=1S/C22H26Cl2N4O3/c1-31-20-7-6-16(23)14-19(20)26-21(29)8-9-27-10-12-28(13-11-27)15-22(30)25-18-5-3-2-4-17(18)24/h2-7,14H,8-13,15H2,1H3,(H,25,30)(H,26,29). The molecular formula is C22H26Cl2N4O3. The van der Waals surface area contributed by atoms with E-state index in [1.165, 1.54) is 0 Å². The fourth-order valence-electron chi connectivity index (χ4n) is 3.38. The number of carbonyl (C=O) groups is 2. The zero-order chi connectivity index (χ0) is 22.2. The number of hydrogen-bond donors (Lipinski definition) is 2. The van der Waals surface area contributed by atoms with Crippen molar-refractivity contribution in [3.8, 4) is 5.75 Å². The summed E-state index contributed by atoms with van der Waals surface area (Å²) in [6.07, 6.45) is 0.364. The van der Waals surface area contributed by atoms with Gasteiger partial charge in [0.15, 0.2) is 0 Å². The lowest BCUT2D eigenvalue weighted by Crippen LogP contribution is -2.49. The topological polar surface area (TPSA) is 73.9 Å². The molecule has 2 aromatic rings. The normalized spacial score (nSPS) is 14.8. The van der Waals surface area contributed by atoms with Gasteiger partial charge in [-0.05, 0) is 30.3 Å². The van der Waals surface area contributed by atoms with E-state index in [-0.39, 0.29) is 11.8 Å². The van der Waals surface area contributed by atoms with E-state index < -0.39 is 0 Å². The summed E-state index contributed by atoms with van der Waals surface area (Å²) >= 11 is 12.1. The Bertz CT molecular complexity index is 917. The number of para-hydroxylation sites is 1. The first kappa shape index (κ1) is 23.3. The Morgan fingerprint density at radius 2 is 1.61 bits per heavy atom. The number of carbonyl (C=O) groups excluding carboxylic acids is 2. The molecule has 0 radical (unpaired) electrons. The minimum absolute atomic E-state index is 0.0867. The SMILES string of the molecule is COc1ccc(Cl)cc1NC(=O)CCN1CCN(CC(=O)Nc2ccccc2Cl)CC1. The maximum absolute atomic E-state index is 12.3. The molecule has 9 heteroatoms. The van der Waals surface area contributed by atoms with Gasteiger partial charge in [0.2, 0.25) is 11.8 Å². The third-order valence-corrected chi connectivity index (χ3v) is 5.64. The van der Waals surface area contributed by atoms with Crippen LogP contribution in [0.2, 0.25) is 10.0 Å². The Morgan fingerprint density at radius 3 is 2.32 bits per heavy atom. The molecule has 1 aliphatic rings. The van der Waals surface area contributed by atoms with Crippen LogP contribution in [0.15, 0.2) is 42.5 Å². The highest BCUT2D eigenvalue weighted by atomic mass is 35.5. The molecule has 166 valence electrons. The Morgan fingerprint density at radius 1 is 0.935 bits per heavy atom. The molecular weight excluding hydrogens is 439 g/mol. The number of benzene rings is 2. The average molecular weight is 465 g/mol. The maximum atomic E-state index is 12.3. The molecule has 0 aromatic heterocycles. The minimum Gasteiger partial charge on any atom is -0.495 e. The number of rotatable bonds is 8. The zero-order valence-electron chi connectivity index (χ0n) is 17.4. The van der Waals surface area contributed by atoms with Crippen LogP contribution in [0.4, 0.5) is 11.4 Å². The van der Waals surface area contributed by atoms with Crippen molar-refractivity contribution in [2.24, 2.45) is 0 Å². The molecule has 2 amide bonds. The van der Waals surface area contributed by atoms with Gasteiger partial charge in [-0.1, -0.05) is 35.3 Å². The molecule has 0 unspecified atom stereocenters. The molecule has 31 heavy (non-hydrogen) atoms. The summed E-state index contributed by atoms with van der Waals surface area (Å²) in [6.45, 7) is 4.09. The van der Waals surface area contributed by atoms with Gasteiger partial charge in [-0.15, -0.1) is 0 Å². The average Bonchev–Trinajstić information content (AvgIpc) is 2.75. The van der Waals surface area contributed by atoms with Crippen LogP contribution < -0.4 is 15.4 Å². The highest BCUT2D eigenvalue weighted by molar-refractivity contribution is 6.33. The second-order valence-corrected chi connectivity index (χ2v) is 8.13. The number of anilines is 2. The fraction of sp³-hybridized carbons (Fsp3) is 0.364. The van der Waals surface area contributed by atoms with Crippen LogP contribution >= 0.6 is 23.2 Å². The Labute approximate surface area is 192 Å². The van der Waals surface area contributed by atoms with Gasteiger partial charge in [-0.2, -0.15) is 0 Å². The van der Waals surface area contributed by atoms with Crippen LogP contribution in [-0.2, 0) is 9.59 Å². The molecule has 3 rings (SSSR count). The van der Waals surface area contributed by atoms with E-state index >= 15 is 0 Å². The van der Waals surface area contributed by atoms with Crippen LogP contribution in [-0.4, -0.2) is 68.0 Å². The molecule has 0 bridgehead atoms. The number of amides is 2. The predicted molar refractivity (Wildman–Crippen MR) is 124 cm³/mol. The second-order valence-electron chi connectivity index (χ2n) is 7.29. The summed E-state index contributed by atoms with van der Waals surface area (Å²) in [4.78, 5) is 28.9. The zero-order valence-corrected chi connectivity index (χ0v) is 18.9. The molecule has 0 saturated carbocycles. The van der Waals surface area contributed by atoms with Crippen molar-refractivity contribution in [3.05, 3.63) is 52.5 Å². The van der Waals surface area contributed by atoms with Gasteiger partial charge in [0.25, 0.3) is 0 Å². The van der Waals surface area contributed by atoms with Gasteiger partial charge < -0.3 is 20.3 Å². The summed E-state index contributed by atoms with van der Waals surface area (Å²) in [5, 5.41) is 6.76. The third kappa shape index (κ3) is 7.11. The number of ether oxygens (including phenoxy) is 1. The highest BCUT2D eigenvalue weighted by Gasteiger charge is 2.20. The van der Waals surface area contributed by atoms with Gasteiger partial charge in [-0.25, -0.2) is 0 Å². The summed E-state index contributed by atoms with van der Waals surface area (Å²) in [7, 11) is 1.55. The van der Waals surface area contributed by atoms with Gasteiger partial charge >= 0.3 is 0 Å². The summed E-state index contributed by atoms with van der Waals surface area (Å²) in [6, 6.07) is 12.3. The number of halogens is 2. The number of piperazine rings is 1. The molecule has 0 spiro atoms. The molecule has 1 aliphatic heterocycles. The highest BCUT2D eigenvalue weighted by Crippen LogP contribution is 2.27. The predicted octanol–water partition coefficient (Wildman–Crippen LogP) is 3.59. The molecule has 1 heterocycles. The van der Waals surface area contributed by atoms with Crippen molar-refractivity contribution >= 4 is 46.4 Å². The van der Waals surface area contributed by atoms with Crippen molar-refractivity contribution in [2.75, 3.05) is 57.0 Å². The van der Waals surface area contributed by atoms with E-state index in [1.807, 2.05) is 12.1 Å². The van der Waals surface area contributed by atoms with Crippen molar-refractivity contribution in [2.45, 2.75) is 6.42 Å². The lowest BCUT2D eigenvalue weighted by Gasteiger charge is -2.34. The van der Waals surface area contributed by atoms with Crippen LogP contribution in [0.5, 0.6) is 5.75 Å². The monoisotopic (exact) mass is 464 g/mol. The lowest BCUT2D eigenvalue weighted by atomic mass is 10.2. The van der Waals surface area contributed by atoms with Crippen LogP contribution in [0.1, 0.15) is 6.42 Å². The van der Waals surface area contributed by atoms with E-state index in [0.29, 0.717) is 46.7 Å². The quantitative estimate of drug-likeness (QED) is 0.624. The van der Waals surface area contributed by atoms with E-state index in [9.17, 15) is 9.59 Å². The van der Waals surface area contributed by atoms with Crippen LogP contribution in [0.25, 0.3) is 0 Å².